The van der Waals surface area contributed by atoms with Crippen LogP contribution in [0.5, 0.6) is 0 Å². The van der Waals surface area contributed by atoms with Crippen molar-refractivity contribution in [2.75, 3.05) is 5.75 Å². The van der Waals surface area contributed by atoms with Crippen molar-refractivity contribution in [1.29, 1.82) is 0 Å². The molecule has 1 aliphatic carbocycles. The van der Waals surface area contributed by atoms with Gasteiger partial charge < -0.3 is 10.2 Å². The molecular formula is C32H38N2O2S. The average Bonchev–Trinajstić information content (AvgIpc) is 3.42. The third-order valence-corrected chi connectivity index (χ3v) is 8.07. The van der Waals surface area contributed by atoms with Gasteiger partial charge in [0.05, 0.1) is 0 Å². The fraction of sp³-hybridized carbons (Fsp3) is 0.375. The Morgan fingerprint density at radius 1 is 0.865 bits per heavy atom. The van der Waals surface area contributed by atoms with Gasteiger partial charge in [-0.1, -0.05) is 90.7 Å². The van der Waals surface area contributed by atoms with E-state index in [1.54, 1.807) is 11.8 Å². The minimum atomic E-state index is -0.554. The number of nitrogens with zero attached hydrogens (tertiary/aromatic N) is 1. The molecule has 1 fully saturated rings. The molecule has 0 heterocycles. The quantitative estimate of drug-likeness (QED) is 0.298. The molecule has 37 heavy (non-hydrogen) atoms. The summed E-state index contributed by atoms with van der Waals surface area (Å²) >= 11 is 1.69. The first-order valence-corrected chi connectivity index (χ1v) is 14.4. The van der Waals surface area contributed by atoms with Gasteiger partial charge in [-0.2, -0.15) is 0 Å². The smallest absolute Gasteiger partial charge is 0.243 e. The molecule has 1 atom stereocenters. The number of carbonyl (C=O) groups is 2. The molecule has 3 aromatic carbocycles. The highest BCUT2D eigenvalue weighted by Gasteiger charge is 2.32. The lowest BCUT2D eigenvalue weighted by Gasteiger charge is -2.32. The molecule has 5 heteroatoms. The van der Waals surface area contributed by atoms with Crippen LogP contribution in [0.15, 0.2) is 83.8 Å². The van der Waals surface area contributed by atoms with Gasteiger partial charge in [0.1, 0.15) is 6.04 Å². The van der Waals surface area contributed by atoms with E-state index in [1.165, 1.54) is 11.1 Å². The molecule has 3 aromatic rings. The van der Waals surface area contributed by atoms with Crippen LogP contribution >= 0.6 is 11.8 Å². The summed E-state index contributed by atoms with van der Waals surface area (Å²) in [6.07, 6.45) is 5.22. The second kappa shape index (κ2) is 13.5. The van der Waals surface area contributed by atoms with Crippen molar-refractivity contribution in [3.63, 3.8) is 0 Å². The Hall–Kier alpha value is -3.05. The van der Waals surface area contributed by atoms with Gasteiger partial charge in [-0.25, -0.2) is 0 Å². The standard InChI is InChI=1S/C32H38N2O2S/c1-24-12-16-27(17-13-24)23-34(31(35)20-21-37-29-18-14-25(2)15-19-29)30(22-26-8-4-3-5-9-26)32(36)33-28-10-6-7-11-28/h3-5,8-9,12-19,28,30H,6-7,10-11,20-23H2,1-2H3,(H,33,36)/t30-/m1/s1. The molecule has 0 spiro atoms. The summed E-state index contributed by atoms with van der Waals surface area (Å²) in [5.74, 6) is 0.652. The Labute approximate surface area is 225 Å². The Morgan fingerprint density at radius 3 is 2.14 bits per heavy atom. The van der Waals surface area contributed by atoms with Gasteiger partial charge in [0.15, 0.2) is 0 Å². The number of hydrogen-bond acceptors (Lipinski definition) is 3. The third kappa shape index (κ3) is 8.22. The van der Waals surface area contributed by atoms with Crippen molar-refractivity contribution >= 4 is 23.6 Å². The predicted molar refractivity (Wildman–Crippen MR) is 153 cm³/mol. The van der Waals surface area contributed by atoms with Crippen LogP contribution in [0, 0.1) is 13.8 Å². The van der Waals surface area contributed by atoms with Crippen molar-refractivity contribution in [1.82, 2.24) is 10.2 Å². The van der Waals surface area contributed by atoms with Crippen molar-refractivity contribution in [2.24, 2.45) is 0 Å². The van der Waals surface area contributed by atoms with E-state index in [1.807, 2.05) is 35.2 Å². The molecule has 0 radical (unpaired) electrons. The number of thioether (sulfide) groups is 1. The van der Waals surface area contributed by atoms with E-state index < -0.39 is 6.04 Å². The van der Waals surface area contributed by atoms with Crippen LogP contribution in [-0.2, 0) is 22.6 Å². The molecule has 1 N–H and O–H groups in total. The Kier molecular flexibility index (Phi) is 9.84. The molecule has 0 aromatic heterocycles. The largest absolute Gasteiger partial charge is 0.352 e. The van der Waals surface area contributed by atoms with Crippen LogP contribution < -0.4 is 5.32 Å². The molecule has 4 rings (SSSR count). The summed E-state index contributed by atoms with van der Waals surface area (Å²) in [7, 11) is 0. The highest BCUT2D eigenvalue weighted by molar-refractivity contribution is 7.99. The molecule has 0 bridgehead atoms. The molecular weight excluding hydrogens is 476 g/mol. The third-order valence-electron chi connectivity index (χ3n) is 7.05. The summed E-state index contributed by atoms with van der Waals surface area (Å²) in [6.45, 7) is 4.55. The van der Waals surface area contributed by atoms with Crippen LogP contribution in [0.4, 0.5) is 0 Å². The minimum Gasteiger partial charge on any atom is -0.352 e. The van der Waals surface area contributed by atoms with Crippen LogP contribution in [0.1, 0.15) is 54.4 Å². The fourth-order valence-corrected chi connectivity index (χ4v) is 5.69. The number of benzene rings is 3. The normalized spacial score (nSPS) is 14.3. The Bertz CT molecular complexity index is 1140. The van der Waals surface area contributed by atoms with E-state index in [0.717, 1.165) is 41.7 Å². The van der Waals surface area contributed by atoms with Gasteiger partial charge in [-0.15, -0.1) is 11.8 Å². The van der Waals surface area contributed by atoms with E-state index in [0.29, 0.717) is 25.1 Å². The molecule has 0 aliphatic heterocycles. The molecule has 1 aliphatic rings. The summed E-state index contributed by atoms with van der Waals surface area (Å²) < 4.78 is 0. The van der Waals surface area contributed by atoms with Gasteiger partial charge in [0.25, 0.3) is 0 Å². The Balaban J connectivity index is 1.55. The maximum Gasteiger partial charge on any atom is 0.243 e. The lowest BCUT2D eigenvalue weighted by molar-refractivity contribution is -0.141. The van der Waals surface area contributed by atoms with Gasteiger partial charge >= 0.3 is 0 Å². The number of hydrogen-bond donors (Lipinski definition) is 1. The first-order chi connectivity index (χ1) is 18.0. The maximum atomic E-state index is 13.8. The summed E-state index contributed by atoms with van der Waals surface area (Å²) in [5.41, 5.74) is 4.50. The van der Waals surface area contributed by atoms with Crippen LogP contribution in [0.3, 0.4) is 0 Å². The topological polar surface area (TPSA) is 49.4 Å². The second-order valence-electron chi connectivity index (χ2n) is 10.1. The number of amides is 2. The Morgan fingerprint density at radius 2 is 1.49 bits per heavy atom. The second-order valence-corrected chi connectivity index (χ2v) is 11.3. The molecule has 2 amide bonds. The van der Waals surface area contributed by atoms with Crippen LogP contribution in [-0.4, -0.2) is 34.6 Å². The summed E-state index contributed by atoms with van der Waals surface area (Å²) in [4.78, 5) is 30.4. The van der Waals surface area contributed by atoms with Gasteiger partial charge in [-0.3, -0.25) is 9.59 Å². The van der Waals surface area contributed by atoms with E-state index in [2.05, 4.69) is 67.7 Å². The molecule has 194 valence electrons. The first kappa shape index (κ1) is 27.0. The zero-order valence-electron chi connectivity index (χ0n) is 22.0. The number of carbonyl (C=O) groups excluding carboxylic acids is 2. The predicted octanol–water partition coefficient (Wildman–Crippen LogP) is 6.48. The zero-order chi connectivity index (χ0) is 26.0. The summed E-state index contributed by atoms with van der Waals surface area (Å²) in [5, 5.41) is 3.28. The lowest BCUT2D eigenvalue weighted by atomic mass is 10.0. The van der Waals surface area contributed by atoms with E-state index >= 15 is 0 Å². The molecule has 0 unspecified atom stereocenters. The van der Waals surface area contributed by atoms with Gasteiger partial charge in [0.2, 0.25) is 11.8 Å². The highest BCUT2D eigenvalue weighted by atomic mass is 32.2. The van der Waals surface area contributed by atoms with Gasteiger partial charge in [-0.05, 0) is 49.9 Å². The van der Waals surface area contributed by atoms with Crippen molar-refractivity contribution in [2.45, 2.75) is 75.9 Å². The lowest BCUT2D eigenvalue weighted by Crippen LogP contribution is -2.52. The highest BCUT2D eigenvalue weighted by Crippen LogP contribution is 2.23. The van der Waals surface area contributed by atoms with E-state index in [4.69, 9.17) is 0 Å². The van der Waals surface area contributed by atoms with E-state index in [9.17, 15) is 9.59 Å². The zero-order valence-corrected chi connectivity index (χ0v) is 22.8. The number of nitrogens with one attached hydrogen (secondary N) is 1. The minimum absolute atomic E-state index is 0.0164. The van der Waals surface area contributed by atoms with Crippen LogP contribution in [0.2, 0.25) is 0 Å². The molecule has 1 saturated carbocycles. The average molecular weight is 515 g/mol. The maximum absolute atomic E-state index is 13.8. The van der Waals surface area contributed by atoms with Crippen molar-refractivity contribution in [3.05, 3.63) is 101 Å². The number of aryl methyl sites for hydroxylation is 2. The monoisotopic (exact) mass is 514 g/mol. The molecule has 0 saturated heterocycles. The summed E-state index contributed by atoms with van der Waals surface area (Å²) in [6, 6.07) is 26.3. The van der Waals surface area contributed by atoms with Crippen molar-refractivity contribution in [3.8, 4) is 0 Å². The SMILES string of the molecule is Cc1ccc(CN(C(=O)CCSc2ccc(C)cc2)[C@H](Cc2ccccc2)C(=O)NC2CCCC2)cc1. The van der Waals surface area contributed by atoms with E-state index in [-0.39, 0.29) is 17.9 Å². The van der Waals surface area contributed by atoms with Crippen LogP contribution in [0.25, 0.3) is 0 Å². The number of rotatable bonds is 11. The first-order valence-electron chi connectivity index (χ1n) is 13.4. The molecule has 4 nitrogen and oxygen atoms in total. The van der Waals surface area contributed by atoms with Crippen molar-refractivity contribution < 1.29 is 9.59 Å². The van der Waals surface area contributed by atoms with Gasteiger partial charge in [0, 0.05) is 36.1 Å². The fourth-order valence-electron chi connectivity index (χ4n) is 4.85.